The summed E-state index contributed by atoms with van der Waals surface area (Å²) in [5, 5.41) is 4.05. The van der Waals surface area contributed by atoms with Gasteiger partial charge in [-0.2, -0.15) is 0 Å². The fourth-order valence-electron chi connectivity index (χ4n) is 3.51. The predicted octanol–water partition coefficient (Wildman–Crippen LogP) is 4.46. The summed E-state index contributed by atoms with van der Waals surface area (Å²) in [6.45, 7) is 1.41. The van der Waals surface area contributed by atoms with Crippen molar-refractivity contribution in [2.45, 2.75) is 25.5 Å². The maximum atomic E-state index is 12.6. The minimum atomic E-state index is -0.306. The SMILES string of the molecule is O=C(NC1CCN(C(=O)OCc2ccccc2)CC1)c1cc2cc(Br)ccc2[nH]1. The number of H-pyrrole nitrogens is 1. The van der Waals surface area contributed by atoms with E-state index in [4.69, 9.17) is 4.74 Å². The summed E-state index contributed by atoms with van der Waals surface area (Å²) in [6, 6.07) is 17.4. The van der Waals surface area contributed by atoms with Crippen LogP contribution in [0.4, 0.5) is 4.79 Å². The Bertz CT molecular complexity index is 1010. The minimum absolute atomic E-state index is 0.0406. The summed E-state index contributed by atoms with van der Waals surface area (Å²) in [5.41, 5.74) is 2.44. The number of ether oxygens (including phenoxy) is 1. The highest BCUT2D eigenvalue weighted by atomic mass is 79.9. The number of aromatic amines is 1. The smallest absolute Gasteiger partial charge is 0.410 e. The maximum absolute atomic E-state index is 12.6. The monoisotopic (exact) mass is 455 g/mol. The number of nitrogens with one attached hydrogen (secondary N) is 2. The highest BCUT2D eigenvalue weighted by Crippen LogP contribution is 2.21. The molecular formula is C22H22BrN3O3. The van der Waals surface area contributed by atoms with Gasteiger partial charge in [0, 0.05) is 34.5 Å². The minimum Gasteiger partial charge on any atom is -0.445 e. The number of carbonyl (C=O) groups is 2. The van der Waals surface area contributed by atoms with Crippen molar-refractivity contribution in [3.63, 3.8) is 0 Å². The third-order valence-electron chi connectivity index (χ3n) is 5.12. The van der Waals surface area contributed by atoms with E-state index in [0.29, 0.717) is 31.6 Å². The molecule has 1 fully saturated rings. The second-order valence-electron chi connectivity index (χ2n) is 7.19. The number of carbonyl (C=O) groups excluding carboxylic acids is 2. The van der Waals surface area contributed by atoms with Gasteiger partial charge in [0.25, 0.3) is 5.91 Å². The van der Waals surface area contributed by atoms with E-state index >= 15 is 0 Å². The molecule has 2 aromatic carbocycles. The number of likely N-dealkylation sites (tertiary alicyclic amines) is 1. The zero-order chi connectivity index (χ0) is 20.2. The van der Waals surface area contributed by atoms with Crippen LogP contribution in [0.2, 0.25) is 0 Å². The number of halogens is 1. The van der Waals surface area contributed by atoms with E-state index in [-0.39, 0.29) is 24.6 Å². The Hall–Kier alpha value is -2.80. The van der Waals surface area contributed by atoms with Gasteiger partial charge in [0.2, 0.25) is 0 Å². The Morgan fingerprint density at radius 2 is 1.86 bits per heavy atom. The van der Waals surface area contributed by atoms with Crippen LogP contribution in [0.25, 0.3) is 10.9 Å². The Labute approximate surface area is 177 Å². The van der Waals surface area contributed by atoms with Gasteiger partial charge in [-0.3, -0.25) is 4.79 Å². The average Bonchev–Trinajstić information content (AvgIpc) is 3.17. The van der Waals surface area contributed by atoms with Gasteiger partial charge in [-0.25, -0.2) is 4.79 Å². The van der Waals surface area contributed by atoms with Crippen LogP contribution in [0.3, 0.4) is 0 Å². The largest absolute Gasteiger partial charge is 0.445 e. The zero-order valence-electron chi connectivity index (χ0n) is 15.9. The van der Waals surface area contributed by atoms with Crippen LogP contribution >= 0.6 is 15.9 Å². The topological polar surface area (TPSA) is 74.4 Å². The van der Waals surface area contributed by atoms with Gasteiger partial charge in [0.15, 0.2) is 0 Å². The van der Waals surface area contributed by atoms with Crippen molar-refractivity contribution >= 4 is 38.8 Å². The van der Waals surface area contributed by atoms with E-state index in [1.165, 1.54) is 0 Å². The first-order chi connectivity index (χ1) is 14.1. The van der Waals surface area contributed by atoms with E-state index in [1.807, 2.05) is 54.6 Å². The molecular weight excluding hydrogens is 434 g/mol. The molecule has 2 heterocycles. The van der Waals surface area contributed by atoms with Crippen LogP contribution in [-0.4, -0.2) is 41.0 Å². The Balaban J connectivity index is 1.26. The third-order valence-corrected chi connectivity index (χ3v) is 5.61. The number of piperidine rings is 1. The van der Waals surface area contributed by atoms with Gasteiger partial charge in [-0.1, -0.05) is 46.3 Å². The summed E-state index contributed by atoms with van der Waals surface area (Å²) >= 11 is 3.44. The van der Waals surface area contributed by atoms with Gasteiger partial charge in [-0.15, -0.1) is 0 Å². The number of amides is 2. The molecule has 2 N–H and O–H groups in total. The van der Waals surface area contributed by atoms with Crippen LogP contribution in [0.15, 0.2) is 59.1 Å². The molecule has 1 aromatic heterocycles. The second kappa shape index (κ2) is 8.69. The normalized spacial score (nSPS) is 14.7. The molecule has 0 unspecified atom stereocenters. The van der Waals surface area contributed by atoms with Crippen LogP contribution in [-0.2, 0) is 11.3 Å². The first-order valence-corrected chi connectivity index (χ1v) is 10.4. The number of nitrogens with zero attached hydrogens (tertiary/aromatic N) is 1. The molecule has 0 aliphatic carbocycles. The van der Waals surface area contributed by atoms with Crippen molar-refractivity contribution < 1.29 is 14.3 Å². The molecule has 0 spiro atoms. The van der Waals surface area contributed by atoms with E-state index in [2.05, 4.69) is 26.2 Å². The van der Waals surface area contributed by atoms with E-state index in [1.54, 1.807) is 4.90 Å². The lowest BCUT2D eigenvalue weighted by Crippen LogP contribution is -2.46. The van der Waals surface area contributed by atoms with Crippen LogP contribution in [0.5, 0.6) is 0 Å². The number of rotatable bonds is 4. The quantitative estimate of drug-likeness (QED) is 0.609. The molecule has 1 aliphatic rings. The van der Waals surface area contributed by atoms with Gasteiger partial charge in [-0.05, 0) is 42.7 Å². The highest BCUT2D eigenvalue weighted by Gasteiger charge is 2.25. The van der Waals surface area contributed by atoms with Crippen LogP contribution in [0.1, 0.15) is 28.9 Å². The molecule has 2 amide bonds. The molecule has 0 radical (unpaired) electrons. The fraction of sp³-hybridized carbons (Fsp3) is 0.273. The maximum Gasteiger partial charge on any atom is 0.410 e. The molecule has 0 atom stereocenters. The molecule has 4 rings (SSSR count). The molecule has 7 heteroatoms. The van der Waals surface area contributed by atoms with Crippen molar-refractivity contribution in [3.8, 4) is 0 Å². The Morgan fingerprint density at radius 3 is 2.62 bits per heavy atom. The molecule has 0 saturated carbocycles. The molecule has 6 nitrogen and oxygen atoms in total. The molecule has 0 bridgehead atoms. The Kier molecular flexibility index (Phi) is 5.85. The number of benzene rings is 2. The second-order valence-corrected chi connectivity index (χ2v) is 8.11. The summed E-state index contributed by atoms with van der Waals surface area (Å²) in [5.74, 6) is -0.123. The summed E-state index contributed by atoms with van der Waals surface area (Å²) in [7, 11) is 0. The molecule has 29 heavy (non-hydrogen) atoms. The molecule has 3 aromatic rings. The lowest BCUT2D eigenvalue weighted by atomic mass is 10.1. The van der Waals surface area contributed by atoms with Crippen molar-refractivity contribution in [3.05, 3.63) is 70.3 Å². The number of hydrogen-bond acceptors (Lipinski definition) is 3. The van der Waals surface area contributed by atoms with Crippen molar-refractivity contribution in [2.24, 2.45) is 0 Å². The Morgan fingerprint density at radius 1 is 1.10 bits per heavy atom. The van der Waals surface area contributed by atoms with E-state index in [0.717, 1.165) is 20.9 Å². The van der Waals surface area contributed by atoms with E-state index in [9.17, 15) is 9.59 Å². The van der Waals surface area contributed by atoms with Gasteiger partial charge in [0.1, 0.15) is 12.3 Å². The fourth-order valence-corrected chi connectivity index (χ4v) is 3.88. The summed E-state index contributed by atoms with van der Waals surface area (Å²) in [6.07, 6.45) is 1.11. The lowest BCUT2D eigenvalue weighted by molar-refractivity contribution is 0.0807. The van der Waals surface area contributed by atoms with E-state index < -0.39 is 0 Å². The summed E-state index contributed by atoms with van der Waals surface area (Å²) in [4.78, 5) is 29.7. The van der Waals surface area contributed by atoms with Crippen LogP contribution < -0.4 is 5.32 Å². The van der Waals surface area contributed by atoms with Crippen molar-refractivity contribution in [2.75, 3.05) is 13.1 Å². The van der Waals surface area contributed by atoms with Gasteiger partial charge >= 0.3 is 6.09 Å². The van der Waals surface area contributed by atoms with Crippen molar-refractivity contribution in [1.82, 2.24) is 15.2 Å². The molecule has 150 valence electrons. The van der Waals surface area contributed by atoms with Crippen molar-refractivity contribution in [1.29, 1.82) is 0 Å². The predicted molar refractivity (Wildman–Crippen MR) is 115 cm³/mol. The number of aromatic nitrogens is 1. The zero-order valence-corrected chi connectivity index (χ0v) is 17.4. The first kappa shape index (κ1) is 19.5. The summed E-state index contributed by atoms with van der Waals surface area (Å²) < 4.78 is 6.36. The van der Waals surface area contributed by atoms with Gasteiger partial charge < -0.3 is 19.9 Å². The van der Waals surface area contributed by atoms with Gasteiger partial charge in [0.05, 0.1) is 0 Å². The standard InChI is InChI=1S/C22H22BrN3O3/c23-17-6-7-19-16(12-17)13-20(25-19)21(27)24-18-8-10-26(11-9-18)22(28)29-14-15-4-2-1-3-5-15/h1-7,12-13,18,25H,8-11,14H2,(H,24,27). The lowest BCUT2D eigenvalue weighted by Gasteiger charge is -2.31. The average molecular weight is 456 g/mol. The first-order valence-electron chi connectivity index (χ1n) is 9.63. The third kappa shape index (κ3) is 4.79. The highest BCUT2D eigenvalue weighted by molar-refractivity contribution is 9.10. The number of fused-ring (bicyclic) bond motifs is 1. The van der Waals surface area contributed by atoms with Crippen LogP contribution in [0, 0.1) is 0 Å². The number of hydrogen-bond donors (Lipinski definition) is 2. The molecule has 1 aliphatic heterocycles. The molecule has 1 saturated heterocycles.